The van der Waals surface area contributed by atoms with Gasteiger partial charge in [-0.15, -0.1) is 0 Å². The molecule has 0 saturated heterocycles. The Kier molecular flexibility index (Phi) is 4.71. The molecule has 0 bridgehead atoms. The van der Waals surface area contributed by atoms with Gasteiger partial charge in [-0.3, -0.25) is 4.79 Å². The van der Waals surface area contributed by atoms with E-state index in [1.54, 1.807) is 24.4 Å². The number of ether oxygens (including phenoxy) is 1. The Morgan fingerprint density at radius 3 is 2.78 bits per heavy atom. The monoisotopic (exact) mass is 250 g/mol. The molecule has 1 rings (SSSR count). The lowest BCUT2D eigenvalue weighted by molar-refractivity contribution is 0.0534. The van der Waals surface area contributed by atoms with Gasteiger partial charge in [0.05, 0.1) is 5.69 Å². The van der Waals surface area contributed by atoms with Gasteiger partial charge in [-0.2, -0.15) is 0 Å². The fraction of sp³-hybridized carbons (Fsp3) is 0.385. The quantitative estimate of drug-likeness (QED) is 0.806. The topological polar surface area (TPSA) is 71.2 Å². The molecule has 0 aromatic carbocycles. The second-order valence-electron chi connectivity index (χ2n) is 4.79. The van der Waals surface area contributed by atoms with Gasteiger partial charge in [-0.25, -0.2) is 4.79 Å². The SMILES string of the molecule is CC(C)(C)OC(=O)NCC=Cc1c[nH]c(C=O)c1. The van der Waals surface area contributed by atoms with Crippen LogP contribution in [0.2, 0.25) is 0 Å². The maximum Gasteiger partial charge on any atom is 0.407 e. The molecular formula is C13H18N2O3. The minimum atomic E-state index is -0.493. The molecule has 0 aliphatic rings. The average Bonchev–Trinajstić information content (AvgIpc) is 2.70. The highest BCUT2D eigenvalue weighted by Gasteiger charge is 2.14. The van der Waals surface area contributed by atoms with Crippen molar-refractivity contribution >= 4 is 18.5 Å². The van der Waals surface area contributed by atoms with Crippen LogP contribution in [-0.4, -0.2) is 29.5 Å². The number of nitrogens with one attached hydrogen (secondary N) is 2. The molecule has 0 saturated carbocycles. The van der Waals surface area contributed by atoms with Gasteiger partial charge in [0.2, 0.25) is 0 Å². The molecule has 1 amide bonds. The number of aldehydes is 1. The molecule has 0 aliphatic heterocycles. The molecule has 98 valence electrons. The summed E-state index contributed by atoms with van der Waals surface area (Å²) in [5, 5.41) is 2.60. The van der Waals surface area contributed by atoms with Crippen LogP contribution in [0.5, 0.6) is 0 Å². The molecule has 18 heavy (non-hydrogen) atoms. The summed E-state index contributed by atoms with van der Waals surface area (Å²) in [5.41, 5.74) is 0.908. The van der Waals surface area contributed by atoms with Crippen molar-refractivity contribution < 1.29 is 14.3 Å². The Morgan fingerprint density at radius 2 is 2.22 bits per heavy atom. The van der Waals surface area contributed by atoms with E-state index in [2.05, 4.69) is 10.3 Å². The van der Waals surface area contributed by atoms with Crippen molar-refractivity contribution in [1.82, 2.24) is 10.3 Å². The van der Waals surface area contributed by atoms with E-state index in [0.29, 0.717) is 12.2 Å². The first-order valence-corrected chi connectivity index (χ1v) is 5.68. The molecular weight excluding hydrogens is 232 g/mol. The standard InChI is InChI=1S/C13H18N2O3/c1-13(2,3)18-12(17)14-6-4-5-10-7-11(9-16)15-8-10/h4-5,7-9,15H,6H2,1-3H3,(H,14,17). The average molecular weight is 250 g/mol. The van der Waals surface area contributed by atoms with Crippen LogP contribution in [0.1, 0.15) is 36.8 Å². The number of aromatic amines is 1. The van der Waals surface area contributed by atoms with E-state index in [9.17, 15) is 9.59 Å². The van der Waals surface area contributed by atoms with Crippen LogP contribution in [0.3, 0.4) is 0 Å². The van der Waals surface area contributed by atoms with E-state index in [1.807, 2.05) is 20.8 Å². The van der Waals surface area contributed by atoms with Crippen LogP contribution in [0.4, 0.5) is 4.79 Å². The second kappa shape index (κ2) is 6.05. The molecule has 0 spiro atoms. The van der Waals surface area contributed by atoms with Gasteiger partial charge in [-0.1, -0.05) is 12.2 Å². The molecule has 0 aliphatic carbocycles. The van der Waals surface area contributed by atoms with Gasteiger partial charge in [0.25, 0.3) is 0 Å². The zero-order valence-electron chi connectivity index (χ0n) is 10.8. The van der Waals surface area contributed by atoms with E-state index in [1.165, 1.54) is 0 Å². The highest BCUT2D eigenvalue weighted by atomic mass is 16.6. The van der Waals surface area contributed by atoms with Crippen LogP contribution in [0.15, 0.2) is 18.3 Å². The number of carbonyl (C=O) groups is 2. The summed E-state index contributed by atoms with van der Waals surface area (Å²) < 4.78 is 5.08. The van der Waals surface area contributed by atoms with E-state index in [4.69, 9.17) is 4.74 Å². The van der Waals surface area contributed by atoms with Crippen LogP contribution < -0.4 is 5.32 Å². The third-order valence-electron chi connectivity index (χ3n) is 1.93. The van der Waals surface area contributed by atoms with Crippen LogP contribution in [-0.2, 0) is 4.74 Å². The van der Waals surface area contributed by atoms with Gasteiger partial charge in [0.1, 0.15) is 5.60 Å². The van der Waals surface area contributed by atoms with E-state index < -0.39 is 11.7 Å². The lowest BCUT2D eigenvalue weighted by atomic mass is 10.2. The minimum Gasteiger partial charge on any atom is -0.444 e. The normalized spacial score (nSPS) is 11.5. The summed E-state index contributed by atoms with van der Waals surface area (Å²) in [6, 6.07) is 1.72. The Hall–Kier alpha value is -2.04. The Bertz CT molecular complexity index is 441. The van der Waals surface area contributed by atoms with Gasteiger partial charge >= 0.3 is 6.09 Å². The zero-order chi connectivity index (χ0) is 13.6. The number of hydrogen-bond acceptors (Lipinski definition) is 3. The molecule has 0 fully saturated rings. The Morgan fingerprint density at radius 1 is 1.50 bits per heavy atom. The fourth-order valence-corrected chi connectivity index (χ4v) is 1.25. The molecule has 0 atom stereocenters. The third kappa shape index (κ3) is 5.34. The molecule has 2 N–H and O–H groups in total. The number of H-pyrrole nitrogens is 1. The summed E-state index contributed by atoms with van der Waals surface area (Å²) in [5.74, 6) is 0. The largest absolute Gasteiger partial charge is 0.444 e. The van der Waals surface area contributed by atoms with Crippen LogP contribution >= 0.6 is 0 Å². The molecule has 0 unspecified atom stereocenters. The number of carbonyl (C=O) groups excluding carboxylic acids is 2. The molecule has 1 aromatic rings. The van der Waals surface area contributed by atoms with E-state index in [-0.39, 0.29) is 0 Å². The van der Waals surface area contributed by atoms with Crippen molar-refractivity contribution in [2.24, 2.45) is 0 Å². The van der Waals surface area contributed by atoms with Gasteiger partial charge in [-0.05, 0) is 32.4 Å². The minimum absolute atomic E-state index is 0.372. The van der Waals surface area contributed by atoms with Crippen molar-refractivity contribution in [1.29, 1.82) is 0 Å². The molecule has 5 nitrogen and oxygen atoms in total. The summed E-state index contributed by atoms with van der Waals surface area (Å²) in [7, 11) is 0. The first kappa shape index (κ1) is 14.0. The van der Waals surface area contributed by atoms with E-state index >= 15 is 0 Å². The maximum atomic E-state index is 11.3. The smallest absolute Gasteiger partial charge is 0.407 e. The van der Waals surface area contributed by atoms with Crippen molar-refractivity contribution in [3.63, 3.8) is 0 Å². The third-order valence-corrected chi connectivity index (χ3v) is 1.93. The zero-order valence-corrected chi connectivity index (χ0v) is 10.8. The number of hydrogen-bond donors (Lipinski definition) is 2. The summed E-state index contributed by atoms with van der Waals surface area (Å²) >= 11 is 0. The molecule has 1 aromatic heterocycles. The first-order valence-electron chi connectivity index (χ1n) is 5.68. The van der Waals surface area contributed by atoms with Crippen molar-refractivity contribution in [3.05, 3.63) is 29.6 Å². The lowest BCUT2D eigenvalue weighted by Crippen LogP contribution is -2.32. The molecule has 1 heterocycles. The van der Waals surface area contributed by atoms with Crippen molar-refractivity contribution in [2.75, 3.05) is 6.54 Å². The van der Waals surface area contributed by atoms with Gasteiger partial charge < -0.3 is 15.0 Å². The number of aromatic nitrogens is 1. The molecule has 0 radical (unpaired) electrons. The van der Waals surface area contributed by atoms with Gasteiger partial charge in [0, 0.05) is 12.7 Å². The Labute approximate surface area is 106 Å². The van der Waals surface area contributed by atoms with Gasteiger partial charge in [0.15, 0.2) is 6.29 Å². The number of rotatable bonds is 4. The van der Waals surface area contributed by atoms with E-state index in [0.717, 1.165) is 11.8 Å². The van der Waals surface area contributed by atoms with Crippen LogP contribution in [0, 0.1) is 0 Å². The fourth-order valence-electron chi connectivity index (χ4n) is 1.25. The second-order valence-corrected chi connectivity index (χ2v) is 4.79. The molecule has 5 heteroatoms. The Balaban J connectivity index is 2.33. The summed E-state index contributed by atoms with van der Waals surface area (Å²) in [6.07, 6.45) is 5.60. The van der Waals surface area contributed by atoms with Crippen LogP contribution in [0.25, 0.3) is 6.08 Å². The highest BCUT2D eigenvalue weighted by Crippen LogP contribution is 2.06. The number of amides is 1. The van der Waals surface area contributed by atoms with Crippen molar-refractivity contribution in [3.8, 4) is 0 Å². The maximum absolute atomic E-state index is 11.3. The lowest BCUT2D eigenvalue weighted by Gasteiger charge is -2.19. The summed E-state index contributed by atoms with van der Waals surface area (Å²) in [6.45, 7) is 5.80. The highest BCUT2D eigenvalue weighted by molar-refractivity contribution is 5.74. The predicted molar refractivity (Wildman–Crippen MR) is 69.5 cm³/mol. The number of alkyl carbamates (subject to hydrolysis) is 1. The summed E-state index contributed by atoms with van der Waals surface area (Å²) in [4.78, 5) is 24.5. The predicted octanol–water partition coefficient (Wildman–Crippen LogP) is 2.37. The first-order chi connectivity index (χ1) is 8.40. The van der Waals surface area contributed by atoms with Crippen molar-refractivity contribution in [2.45, 2.75) is 26.4 Å².